The molecular weight excluding hydrogens is 335 g/mol. The van der Waals surface area contributed by atoms with Gasteiger partial charge in [0.2, 0.25) is 11.8 Å². The average molecular weight is 351 g/mol. The molecule has 0 saturated carbocycles. The number of hydrogen-bond donors (Lipinski definition) is 2. The predicted octanol–water partition coefficient (Wildman–Crippen LogP) is 3.81. The van der Waals surface area contributed by atoms with Crippen molar-refractivity contribution < 1.29 is 9.59 Å². The molecule has 0 radical (unpaired) electrons. The molecule has 0 aliphatic carbocycles. The Morgan fingerprint density at radius 3 is 2.17 bits per heavy atom. The quantitative estimate of drug-likeness (QED) is 0.861. The van der Waals surface area contributed by atoms with Gasteiger partial charge in [0.15, 0.2) is 0 Å². The van der Waals surface area contributed by atoms with Crippen LogP contribution in [0.25, 0.3) is 0 Å². The molecule has 0 spiro atoms. The van der Waals surface area contributed by atoms with Crippen LogP contribution in [0.15, 0.2) is 42.5 Å². The molecule has 4 nitrogen and oxygen atoms in total. The van der Waals surface area contributed by atoms with Crippen LogP contribution in [0, 0.1) is 0 Å². The maximum absolute atomic E-state index is 12.0. The van der Waals surface area contributed by atoms with Crippen molar-refractivity contribution in [3.8, 4) is 0 Å². The Hall–Kier alpha value is -2.04. The zero-order chi connectivity index (χ0) is 16.8. The molecule has 0 unspecified atom stereocenters. The standard InChI is InChI=1S/C17H16Cl2N2O2/c1-11(22)21-13-7-5-12(6-8-13)10-20-17(23)9-14-15(18)3-2-4-16(14)19/h2-8H,9-10H2,1H3,(H,20,23)(H,21,22). The summed E-state index contributed by atoms with van der Waals surface area (Å²) < 4.78 is 0. The van der Waals surface area contributed by atoms with E-state index in [4.69, 9.17) is 23.2 Å². The number of hydrogen-bond acceptors (Lipinski definition) is 2. The van der Waals surface area contributed by atoms with E-state index >= 15 is 0 Å². The van der Waals surface area contributed by atoms with Crippen molar-refractivity contribution in [3.05, 3.63) is 63.6 Å². The Morgan fingerprint density at radius 2 is 1.61 bits per heavy atom. The minimum atomic E-state index is -0.161. The molecule has 0 atom stereocenters. The molecule has 0 fully saturated rings. The smallest absolute Gasteiger partial charge is 0.224 e. The Morgan fingerprint density at radius 1 is 1.00 bits per heavy atom. The molecule has 0 saturated heterocycles. The van der Waals surface area contributed by atoms with Gasteiger partial charge in [-0.1, -0.05) is 41.4 Å². The molecule has 120 valence electrons. The fraction of sp³-hybridized carbons (Fsp3) is 0.176. The highest BCUT2D eigenvalue weighted by Gasteiger charge is 2.10. The van der Waals surface area contributed by atoms with E-state index in [0.29, 0.717) is 22.2 Å². The first-order valence-corrected chi connectivity index (χ1v) is 7.77. The van der Waals surface area contributed by atoms with Crippen molar-refractivity contribution in [2.24, 2.45) is 0 Å². The number of nitrogens with one attached hydrogen (secondary N) is 2. The summed E-state index contributed by atoms with van der Waals surface area (Å²) in [6.45, 7) is 1.84. The van der Waals surface area contributed by atoms with Gasteiger partial charge >= 0.3 is 0 Å². The second kappa shape index (κ2) is 7.99. The molecule has 0 bridgehead atoms. The van der Waals surface area contributed by atoms with Gasteiger partial charge in [-0.05, 0) is 35.4 Å². The third kappa shape index (κ3) is 5.27. The number of halogens is 2. The summed E-state index contributed by atoms with van der Waals surface area (Å²) in [5.41, 5.74) is 2.27. The van der Waals surface area contributed by atoms with E-state index in [1.165, 1.54) is 6.92 Å². The molecule has 2 aromatic carbocycles. The van der Waals surface area contributed by atoms with Gasteiger partial charge in [-0.25, -0.2) is 0 Å². The van der Waals surface area contributed by atoms with E-state index in [1.807, 2.05) is 12.1 Å². The molecule has 6 heteroatoms. The van der Waals surface area contributed by atoms with E-state index in [1.54, 1.807) is 30.3 Å². The second-order valence-electron chi connectivity index (χ2n) is 5.03. The van der Waals surface area contributed by atoms with Gasteiger partial charge < -0.3 is 10.6 Å². The van der Waals surface area contributed by atoms with Crippen LogP contribution in [0.5, 0.6) is 0 Å². The van der Waals surface area contributed by atoms with E-state index in [0.717, 1.165) is 11.3 Å². The molecule has 0 aliphatic heterocycles. The number of carbonyl (C=O) groups excluding carboxylic acids is 2. The van der Waals surface area contributed by atoms with Crippen LogP contribution >= 0.6 is 23.2 Å². The number of anilines is 1. The van der Waals surface area contributed by atoms with E-state index in [9.17, 15) is 9.59 Å². The topological polar surface area (TPSA) is 58.2 Å². The summed E-state index contributed by atoms with van der Waals surface area (Å²) in [6, 6.07) is 12.4. The van der Waals surface area contributed by atoms with Crippen LogP contribution in [0.2, 0.25) is 10.0 Å². The van der Waals surface area contributed by atoms with Gasteiger partial charge in [0.05, 0.1) is 6.42 Å². The summed E-state index contributed by atoms with van der Waals surface area (Å²) in [7, 11) is 0. The first kappa shape index (κ1) is 17.3. The second-order valence-corrected chi connectivity index (χ2v) is 5.85. The van der Waals surface area contributed by atoms with Crippen LogP contribution in [0.1, 0.15) is 18.1 Å². The predicted molar refractivity (Wildman–Crippen MR) is 92.8 cm³/mol. The van der Waals surface area contributed by atoms with Crippen molar-refractivity contribution in [2.75, 3.05) is 5.32 Å². The lowest BCUT2D eigenvalue weighted by molar-refractivity contribution is -0.120. The molecule has 2 rings (SSSR count). The summed E-state index contributed by atoms with van der Waals surface area (Å²) in [5, 5.41) is 6.46. The summed E-state index contributed by atoms with van der Waals surface area (Å²) >= 11 is 12.1. The van der Waals surface area contributed by atoms with Gasteiger partial charge in [0.25, 0.3) is 0 Å². The van der Waals surface area contributed by atoms with Crippen molar-refractivity contribution in [3.63, 3.8) is 0 Å². The lowest BCUT2D eigenvalue weighted by Gasteiger charge is -2.09. The highest BCUT2D eigenvalue weighted by atomic mass is 35.5. The SMILES string of the molecule is CC(=O)Nc1ccc(CNC(=O)Cc2c(Cl)cccc2Cl)cc1. The molecule has 0 heterocycles. The monoisotopic (exact) mass is 350 g/mol. The number of rotatable bonds is 5. The normalized spacial score (nSPS) is 10.2. The van der Waals surface area contributed by atoms with E-state index < -0.39 is 0 Å². The van der Waals surface area contributed by atoms with Crippen molar-refractivity contribution in [1.82, 2.24) is 5.32 Å². The van der Waals surface area contributed by atoms with Crippen molar-refractivity contribution in [1.29, 1.82) is 0 Å². The lowest BCUT2D eigenvalue weighted by atomic mass is 10.1. The minimum absolute atomic E-state index is 0.123. The zero-order valence-corrected chi connectivity index (χ0v) is 14.0. The molecule has 0 aromatic heterocycles. The van der Waals surface area contributed by atoms with Gasteiger partial charge in [0.1, 0.15) is 0 Å². The van der Waals surface area contributed by atoms with Gasteiger partial charge in [-0.15, -0.1) is 0 Å². The fourth-order valence-electron chi connectivity index (χ4n) is 2.03. The van der Waals surface area contributed by atoms with E-state index in [-0.39, 0.29) is 18.2 Å². The molecule has 2 aromatic rings. The van der Waals surface area contributed by atoms with E-state index in [2.05, 4.69) is 10.6 Å². The molecular formula is C17H16Cl2N2O2. The third-order valence-electron chi connectivity index (χ3n) is 3.16. The van der Waals surface area contributed by atoms with Gasteiger partial charge in [-0.3, -0.25) is 9.59 Å². The van der Waals surface area contributed by atoms with Crippen LogP contribution in [-0.2, 0) is 22.6 Å². The molecule has 2 N–H and O–H groups in total. The van der Waals surface area contributed by atoms with Gasteiger partial charge in [-0.2, -0.15) is 0 Å². The lowest BCUT2D eigenvalue weighted by Crippen LogP contribution is -2.24. The Balaban J connectivity index is 1.90. The number of carbonyl (C=O) groups is 2. The van der Waals surface area contributed by atoms with Crippen LogP contribution in [0.4, 0.5) is 5.69 Å². The summed E-state index contributed by atoms with van der Waals surface area (Å²) in [6.07, 6.45) is 0.127. The first-order chi connectivity index (χ1) is 11.0. The summed E-state index contributed by atoms with van der Waals surface area (Å²) in [5.74, 6) is -0.284. The molecule has 0 aliphatic rings. The first-order valence-electron chi connectivity index (χ1n) is 7.02. The average Bonchev–Trinajstić information content (AvgIpc) is 2.50. The fourth-order valence-corrected chi connectivity index (χ4v) is 2.57. The third-order valence-corrected chi connectivity index (χ3v) is 3.87. The van der Waals surface area contributed by atoms with Crippen LogP contribution in [-0.4, -0.2) is 11.8 Å². The minimum Gasteiger partial charge on any atom is -0.352 e. The maximum atomic E-state index is 12.0. The van der Waals surface area contributed by atoms with Crippen LogP contribution < -0.4 is 10.6 Å². The van der Waals surface area contributed by atoms with Crippen molar-refractivity contribution in [2.45, 2.75) is 19.9 Å². The highest BCUT2D eigenvalue weighted by molar-refractivity contribution is 6.36. The largest absolute Gasteiger partial charge is 0.352 e. The van der Waals surface area contributed by atoms with Crippen LogP contribution in [0.3, 0.4) is 0 Å². The maximum Gasteiger partial charge on any atom is 0.224 e. The Kier molecular flexibility index (Phi) is 6.02. The molecule has 23 heavy (non-hydrogen) atoms. The Bertz CT molecular complexity index is 695. The number of amides is 2. The van der Waals surface area contributed by atoms with Crippen molar-refractivity contribution >= 4 is 40.7 Å². The molecule has 2 amide bonds. The number of benzene rings is 2. The Labute approximate surface area is 144 Å². The zero-order valence-electron chi connectivity index (χ0n) is 12.5. The summed E-state index contributed by atoms with van der Waals surface area (Å²) in [4.78, 5) is 23.0. The highest BCUT2D eigenvalue weighted by Crippen LogP contribution is 2.24. The van der Waals surface area contributed by atoms with Gasteiger partial charge in [0, 0.05) is 29.2 Å².